The molecule has 10 heteroatoms. The summed E-state index contributed by atoms with van der Waals surface area (Å²) >= 11 is 0. The maximum absolute atomic E-state index is 17.7. The van der Waals surface area contributed by atoms with Crippen molar-refractivity contribution in [3.63, 3.8) is 0 Å². The summed E-state index contributed by atoms with van der Waals surface area (Å²) in [6, 6.07) is 17.6. The van der Waals surface area contributed by atoms with Gasteiger partial charge in [-0.25, -0.2) is 0 Å². The molecule has 0 saturated carbocycles. The van der Waals surface area contributed by atoms with Crippen LogP contribution in [-0.2, 0) is 20.9 Å². The van der Waals surface area contributed by atoms with Crippen molar-refractivity contribution in [2.24, 2.45) is 5.73 Å². The number of carboxylic acids is 1. The summed E-state index contributed by atoms with van der Waals surface area (Å²) in [6.07, 6.45) is 1.88. The zero-order chi connectivity index (χ0) is 29.5. The number of aryl methyl sites for hydroxylation is 2. The Morgan fingerprint density at radius 3 is 2.41 bits per heavy atom. The highest BCUT2D eigenvalue weighted by Gasteiger charge is 2.57. The van der Waals surface area contributed by atoms with Crippen LogP contribution in [0.25, 0.3) is 5.57 Å². The summed E-state index contributed by atoms with van der Waals surface area (Å²) in [5.41, 5.74) is 13.1. The van der Waals surface area contributed by atoms with Gasteiger partial charge in [-0.2, -0.15) is 0 Å². The molecule has 0 fully saturated rings. The number of aliphatic carboxylic acids is 1. The number of esters is 1. The van der Waals surface area contributed by atoms with Crippen molar-refractivity contribution in [2.75, 3.05) is 0 Å². The van der Waals surface area contributed by atoms with Gasteiger partial charge in [-0.3, -0.25) is 9.59 Å². The zero-order valence-electron chi connectivity index (χ0n) is 23.6. The number of hydrogen-bond acceptors (Lipinski definition) is 5. The standard InChI is InChI=1S/C31H33BFN3O5/c1-19-16-21(3)35-29(19)28(24-8-6-5-7-9-24)30-20(2)17-22(4)36(30)32(35,33)41-25-12-10-23(11-13-25)18-40-27(37)15-14-26(34)31(38)39/h5-13,16-17,26H,14-15,18,34H2,1-4H3,(H,38,39)/t26-/m1/s1. The predicted molar refractivity (Wildman–Crippen MR) is 155 cm³/mol. The number of ether oxygens (including phenoxy) is 1. The second-order valence-corrected chi connectivity index (χ2v) is 10.6. The van der Waals surface area contributed by atoms with Gasteiger partial charge in [0.15, 0.2) is 5.70 Å². The number of aromatic nitrogens is 1. The second-order valence-electron chi connectivity index (χ2n) is 10.6. The zero-order valence-corrected chi connectivity index (χ0v) is 23.6. The summed E-state index contributed by atoms with van der Waals surface area (Å²) in [5.74, 6) is -1.38. The Morgan fingerprint density at radius 2 is 1.76 bits per heavy atom. The van der Waals surface area contributed by atoms with Crippen molar-refractivity contribution in [1.29, 1.82) is 0 Å². The van der Waals surface area contributed by atoms with Crippen LogP contribution in [0, 0.1) is 13.8 Å². The minimum Gasteiger partial charge on any atom is -0.609 e. The Morgan fingerprint density at radius 1 is 1.07 bits per heavy atom. The molecule has 1 unspecified atom stereocenters. The fourth-order valence-corrected chi connectivity index (χ4v) is 5.77. The highest BCUT2D eigenvalue weighted by molar-refractivity contribution is 6.60. The quantitative estimate of drug-likeness (QED) is 0.287. The first kappa shape index (κ1) is 28.1. The smallest absolute Gasteiger partial charge is 0.609 e. The summed E-state index contributed by atoms with van der Waals surface area (Å²) in [7, 11) is 0. The Hall–Kier alpha value is -4.44. The van der Waals surface area contributed by atoms with Crippen LogP contribution in [0.4, 0.5) is 4.32 Å². The molecule has 0 spiro atoms. The summed E-state index contributed by atoms with van der Waals surface area (Å²) in [6.45, 7) is 4.47. The number of benzene rings is 2. The first-order valence-corrected chi connectivity index (χ1v) is 13.6. The molecule has 5 rings (SSSR count). The van der Waals surface area contributed by atoms with Crippen molar-refractivity contribution in [3.8, 4) is 5.75 Å². The van der Waals surface area contributed by atoms with Crippen molar-refractivity contribution < 1.29 is 32.9 Å². The van der Waals surface area contributed by atoms with Gasteiger partial charge in [0.05, 0.1) is 11.3 Å². The van der Waals surface area contributed by atoms with Gasteiger partial charge in [0, 0.05) is 30.7 Å². The lowest BCUT2D eigenvalue weighted by Gasteiger charge is -2.39. The Kier molecular flexibility index (Phi) is 7.44. The van der Waals surface area contributed by atoms with Gasteiger partial charge in [-0.15, -0.1) is 0 Å². The number of fused-ring (bicyclic) bond motifs is 2. The van der Waals surface area contributed by atoms with E-state index in [9.17, 15) is 9.59 Å². The Bertz CT molecular complexity index is 1630. The molecule has 41 heavy (non-hydrogen) atoms. The van der Waals surface area contributed by atoms with E-state index < -0.39 is 24.9 Å². The van der Waals surface area contributed by atoms with Crippen LogP contribution in [0.5, 0.6) is 5.75 Å². The summed E-state index contributed by atoms with van der Waals surface area (Å²) in [4.78, 5) is 22.8. The van der Waals surface area contributed by atoms with E-state index in [-0.39, 0.29) is 19.4 Å². The number of nitrogens with two attached hydrogens (primary N) is 1. The van der Waals surface area contributed by atoms with E-state index >= 15 is 4.32 Å². The van der Waals surface area contributed by atoms with Crippen LogP contribution in [0.1, 0.15) is 54.8 Å². The van der Waals surface area contributed by atoms with E-state index in [0.717, 1.165) is 45.1 Å². The monoisotopic (exact) mass is 557 g/mol. The third kappa shape index (κ3) is 5.11. The molecule has 0 aliphatic carbocycles. The molecule has 0 amide bonds. The molecule has 212 valence electrons. The maximum atomic E-state index is 17.7. The number of rotatable bonds is 9. The largest absolute Gasteiger partial charge is 0.758 e. The van der Waals surface area contributed by atoms with E-state index in [1.165, 1.54) is 0 Å². The third-order valence-electron chi connectivity index (χ3n) is 7.60. The third-order valence-corrected chi connectivity index (χ3v) is 7.60. The lowest BCUT2D eigenvalue weighted by molar-refractivity contribution is -0.367. The second kappa shape index (κ2) is 10.9. The topological polar surface area (TPSA) is 107 Å². The van der Waals surface area contributed by atoms with Crippen LogP contribution in [0.15, 0.2) is 78.0 Å². The van der Waals surface area contributed by atoms with Crippen molar-refractivity contribution in [2.45, 2.75) is 53.2 Å². The number of carbonyl (C=O) groups excluding carboxylic acids is 1. The highest BCUT2D eigenvalue weighted by Crippen LogP contribution is 2.44. The number of hydrogen-bond donors (Lipinski definition) is 2. The van der Waals surface area contributed by atoms with Gasteiger partial charge in [-0.05, 0) is 67.8 Å². The molecule has 3 heterocycles. The van der Waals surface area contributed by atoms with E-state index in [2.05, 4.69) is 0 Å². The van der Waals surface area contributed by atoms with Crippen LogP contribution < -0.4 is 10.4 Å². The number of halogens is 1. The van der Waals surface area contributed by atoms with Gasteiger partial charge in [0.2, 0.25) is 0 Å². The highest BCUT2D eigenvalue weighted by atomic mass is 19.1. The minimum atomic E-state index is -3.27. The maximum Gasteiger partial charge on any atom is 0.758 e. The van der Waals surface area contributed by atoms with E-state index in [1.807, 2.05) is 70.2 Å². The van der Waals surface area contributed by atoms with Gasteiger partial charge in [0.1, 0.15) is 18.4 Å². The fraction of sp³-hybridized carbons (Fsp3) is 0.258. The molecule has 2 aromatic carbocycles. The minimum absolute atomic E-state index is 0.00836. The first-order chi connectivity index (χ1) is 19.5. The molecule has 1 aromatic heterocycles. The SMILES string of the molecule is CC1=CC(C)=[N+]2C1=C(c1ccccc1)c1c(C)cc(C)n1[B-]2(F)Oc1ccc(COC(=O)CC[C@@H](N)C(=O)O)cc1. The number of carbonyl (C=O) groups is 2. The van der Waals surface area contributed by atoms with E-state index in [1.54, 1.807) is 33.2 Å². The number of carboxylic acid groups (broad SMARTS) is 1. The molecule has 3 aromatic rings. The van der Waals surface area contributed by atoms with Crippen LogP contribution in [0.3, 0.4) is 0 Å². The van der Waals surface area contributed by atoms with Crippen LogP contribution in [0.2, 0.25) is 0 Å². The molecule has 0 saturated heterocycles. The average molecular weight is 557 g/mol. The lowest BCUT2D eigenvalue weighted by Crippen LogP contribution is -2.59. The van der Waals surface area contributed by atoms with Crippen LogP contribution in [-0.4, -0.2) is 44.7 Å². The normalized spacial score (nSPS) is 18.5. The number of allylic oxidation sites excluding steroid dienone is 2. The van der Waals surface area contributed by atoms with Crippen LogP contribution >= 0.6 is 0 Å². The molecular formula is C31H33BFN3O5. The van der Waals surface area contributed by atoms with Gasteiger partial charge >= 0.3 is 18.8 Å². The fourth-order valence-electron chi connectivity index (χ4n) is 5.77. The molecule has 0 bridgehead atoms. The average Bonchev–Trinajstić information content (AvgIpc) is 3.42. The number of nitrogens with zero attached hydrogens (tertiary/aromatic N) is 2. The molecule has 8 nitrogen and oxygen atoms in total. The molecule has 2 atom stereocenters. The van der Waals surface area contributed by atoms with Crippen molar-refractivity contribution >= 4 is 30.1 Å². The Balaban J connectivity index is 1.44. The summed E-state index contributed by atoms with van der Waals surface area (Å²) in [5, 5.41) is 8.85. The molecule has 2 aliphatic heterocycles. The molecule has 2 aliphatic rings. The molecule has 3 N–H and O–H groups in total. The summed E-state index contributed by atoms with van der Waals surface area (Å²) < 4.78 is 32.5. The molecule has 0 radical (unpaired) electrons. The van der Waals surface area contributed by atoms with Crippen molar-refractivity contribution in [3.05, 3.63) is 106 Å². The Labute approximate surface area is 238 Å². The van der Waals surface area contributed by atoms with Crippen molar-refractivity contribution in [1.82, 2.24) is 4.48 Å². The molecular weight excluding hydrogens is 524 g/mol. The van der Waals surface area contributed by atoms with E-state index in [0.29, 0.717) is 11.3 Å². The van der Waals surface area contributed by atoms with Gasteiger partial charge in [-0.1, -0.05) is 42.5 Å². The predicted octanol–water partition coefficient (Wildman–Crippen LogP) is 4.88. The lowest BCUT2D eigenvalue weighted by atomic mass is 9.81. The van der Waals surface area contributed by atoms with E-state index in [4.69, 9.17) is 20.2 Å². The van der Waals surface area contributed by atoms with Gasteiger partial charge < -0.3 is 33.5 Å². The van der Waals surface area contributed by atoms with Gasteiger partial charge in [0.25, 0.3) is 0 Å². The first-order valence-electron chi connectivity index (χ1n) is 13.6.